The number of rotatable bonds is 7. The lowest BCUT2D eigenvalue weighted by molar-refractivity contribution is -0.385. The van der Waals surface area contributed by atoms with Crippen molar-refractivity contribution in [2.45, 2.75) is 6.54 Å². The van der Waals surface area contributed by atoms with E-state index in [-0.39, 0.29) is 11.4 Å². The molecular weight excluding hydrogens is 369 g/mol. The number of ether oxygens (including phenoxy) is 2. The SMILES string of the molecule is COc1cc(OC)c([N+](=O)[O-])cc1/C=N/NCc1c(Cl)cccc1Cl. The van der Waals surface area contributed by atoms with Crippen molar-refractivity contribution >= 4 is 35.1 Å². The number of benzene rings is 2. The number of halogens is 2. The van der Waals surface area contributed by atoms with Gasteiger partial charge in [-0.25, -0.2) is 0 Å². The van der Waals surface area contributed by atoms with Crippen LogP contribution in [-0.2, 0) is 6.54 Å². The molecule has 0 amide bonds. The van der Waals surface area contributed by atoms with Gasteiger partial charge in [-0.2, -0.15) is 5.10 Å². The molecule has 2 aromatic carbocycles. The van der Waals surface area contributed by atoms with Crippen molar-refractivity contribution in [3.63, 3.8) is 0 Å². The summed E-state index contributed by atoms with van der Waals surface area (Å²) in [4.78, 5) is 10.6. The molecule has 0 unspecified atom stereocenters. The fourth-order valence-electron chi connectivity index (χ4n) is 2.09. The number of methoxy groups -OCH3 is 2. The van der Waals surface area contributed by atoms with Gasteiger partial charge in [0.2, 0.25) is 5.75 Å². The van der Waals surface area contributed by atoms with Gasteiger partial charge in [-0.05, 0) is 12.1 Å². The van der Waals surface area contributed by atoms with Gasteiger partial charge in [-0.1, -0.05) is 29.3 Å². The van der Waals surface area contributed by atoms with Crippen LogP contribution >= 0.6 is 23.2 Å². The molecule has 0 heterocycles. The van der Waals surface area contributed by atoms with Gasteiger partial charge in [0.1, 0.15) is 5.75 Å². The topological polar surface area (TPSA) is 86.0 Å². The van der Waals surface area contributed by atoms with E-state index in [9.17, 15) is 10.1 Å². The molecule has 0 aliphatic carbocycles. The van der Waals surface area contributed by atoms with E-state index >= 15 is 0 Å². The van der Waals surface area contributed by atoms with E-state index in [1.165, 1.54) is 32.6 Å². The van der Waals surface area contributed by atoms with Gasteiger partial charge in [-0.3, -0.25) is 10.1 Å². The fourth-order valence-corrected chi connectivity index (χ4v) is 2.62. The number of hydrazone groups is 1. The molecule has 0 aromatic heterocycles. The number of nitrogens with one attached hydrogen (secondary N) is 1. The quantitative estimate of drug-likeness (QED) is 0.442. The van der Waals surface area contributed by atoms with Crippen molar-refractivity contribution in [3.05, 3.63) is 61.6 Å². The summed E-state index contributed by atoms with van der Waals surface area (Å²) >= 11 is 12.2. The van der Waals surface area contributed by atoms with Gasteiger partial charge in [0.25, 0.3) is 0 Å². The first kappa shape index (κ1) is 18.8. The predicted octanol–water partition coefficient (Wildman–Crippen LogP) is 4.04. The summed E-state index contributed by atoms with van der Waals surface area (Å²) in [5.74, 6) is 0.499. The van der Waals surface area contributed by atoms with Crippen LogP contribution in [-0.4, -0.2) is 25.4 Å². The first-order valence-electron chi connectivity index (χ1n) is 7.07. The van der Waals surface area contributed by atoms with E-state index in [1.54, 1.807) is 18.2 Å². The molecule has 2 aromatic rings. The number of nitro benzene ring substituents is 1. The normalized spacial score (nSPS) is 10.7. The Kier molecular flexibility index (Phi) is 6.44. The van der Waals surface area contributed by atoms with Crippen LogP contribution < -0.4 is 14.9 Å². The molecule has 9 heteroatoms. The standard InChI is InChI=1S/C16H15Cl2N3O4/c1-24-15-7-16(25-2)14(21(22)23)6-10(15)8-19-20-9-11-12(17)4-3-5-13(11)18/h3-8,20H,9H2,1-2H3/b19-8+. The number of hydrogen-bond donors (Lipinski definition) is 1. The predicted molar refractivity (Wildman–Crippen MR) is 97.1 cm³/mol. The highest BCUT2D eigenvalue weighted by molar-refractivity contribution is 6.35. The average molecular weight is 384 g/mol. The highest BCUT2D eigenvalue weighted by Crippen LogP contribution is 2.33. The Balaban J connectivity index is 2.20. The minimum atomic E-state index is -0.535. The second kappa shape index (κ2) is 8.55. The highest BCUT2D eigenvalue weighted by Gasteiger charge is 2.18. The zero-order valence-electron chi connectivity index (χ0n) is 13.5. The lowest BCUT2D eigenvalue weighted by Crippen LogP contribution is -2.07. The number of nitro groups is 1. The van der Waals surface area contributed by atoms with Crippen molar-refractivity contribution in [2.75, 3.05) is 14.2 Å². The molecule has 132 valence electrons. The van der Waals surface area contributed by atoms with Gasteiger partial charge in [0, 0.05) is 33.3 Å². The number of hydrogen-bond acceptors (Lipinski definition) is 6. The van der Waals surface area contributed by atoms with Crippen LogP contribution in [0.4, 0.5) is 5.69 Å². The Morgan fingerprint density at radius 1 is 1.20 bits per heavy atom. The molecule has 7 nitrogen and oxygen atoms in total. The third kappa shape index (κ3) is 4.52. The van der Waals surface area contributed by atoms with Gasteiger partial charge >= 0.3 is 5.69 Å². The second-order valence-electron chi connectivity index (χ2n) is 4.82. The van der Waals surface area contributed by atoms with E-state index in [0.29, 0.717) is 33.5 Å². The van der Waals surface area contributed by atoms with Crippen LogP contribution in [0.25, 0.3) is 0 Å². The van der Waals surface area contributed by atoms with Gasteiger partial charge in [0.15, 0.2) is 0 Å². The Bertz CT molecular complexity index is 792. The maximum absolute atomic E-state index is 11.1. The maximum atomic E-state index is 11.1. The minimum Gasteiger partial charge on any atom is -0.496 e. The van der Waals surface area contributed by atoms with Gasteiger partial charge in [-0.15, -0.1) is 0 Å². The molecule has 0 radical (unpaired) electrons. The molecule has 1 N–H and O–H groups in total. The molecule has 0 aliphatic heterocycles. The smallest absolute Gasteiger partial charge is 0.311 e. The zero-order chi connectivity index (χ0) is 18.4. The summed E-state index contributed by atoms with van der Waals surface area (Å²) in [6, 6.07) is 7.96. The molecule has 0 atom stereocenters. The fraction of sp³-hybridized carbons (Fsp3) is 0.188. The Hall–Kier alpha value is -2.51. The lowest BCUT2D eigenvalue weighted by Gasteiger charge is -2.09. The largest absolute Gasteiger partial charge is 0.496 e. The number of nitrogens with zero attached hydrogens (tertiary/aromatic N) is 2. The molecule has 0 saturated heterocycles. The first-order chi connectivity index (χ1) is 12.0. The summed E-state index contributed by atoms with van der Waals surface area (Å²) < 4.78 is 10.2. The zero-order valence-corrected chi connectivity index (χ0v) is 15.0. The molecule has 2 rings (SSSR count). The van der Waals surface area contributed by atoms with Crippen molar-refractivity contribution in [2.24, 2.45) is 5.10 Å². The van der Waals surface area contributed by atoms with Crippen LogP contribution in [0.3, 0.4) is 0 Å². The summed E-state index contributed by atoms with van der Waals surface area (Å²) in [5, 5.41) is 16.2. The van der Waals surface area contributed by atoms with Crippen molar-refractivity contribution in [1.82, 2.24) is 5.43 Å². The maximum Gasteiger partial charge on any atom is 0.311 e. The lowest BCUT2D eigenvalue weighted by atomic mass is 10.1. The van der Waals surface area contributed by atoms with E-state index in [0.717, 1.165) is 0 Å². The van der Waals surface area contributed by atoms with E-state index < -0.39 is 4.92 Å². The van der Waals surface area contributed by atoms with Crippen LogP contribution in [0.5, 0.6) is 11.5 Å². The average Bonchev–Trinajstić information content (AvgIpc) is 2.59. The summed E-state index contributed by atoms with van der Waals surface area (Å²) in [5.41, 5.74) is 3.75. The van der Waals surface area contributed by atoms with Crippen molar-refractivity contribution < 1.29 is 14.4 Å². The van der Waals surface area contributed by atoms with Crippen LogP contribution in [0.2, 0.25) is 10.0 Å². The third-order valence-electron chi connectivity index (χ3n) is 3.34. The second-order valence-corrected chi connectivity index (χ2v) is 5.63. The molecule has 0 spiro atoms. The Labute approximate surface area is 154 Å². The summed E-state index contributed by atoms with van der Waals surface area (Å²) in [7, 11) is 2.80. The molecule has 25 heavy (non-hydrogen) atoms. The molecule has 0 saturated carbocycles. The van der Waals surface area contributed by atoms with Crippen LogP contribution in [0, 0.1) is 10.1 Å². The summed E-state index contributed by atoms with van der Waals surface area (Å²) in [6.07, 6.45) is 1.41. The van der Waals surface area contributed by atoms with Crippen molar-refractivity contribution in [3.8, 4) is 11.5 Å². The van der Waals surface area contributed by atoms with Crippen LogP contribution in [0.1, 0.15) is 11.1 Å². The van der Waals surface area contributed by atoms with E-state index in [1.807, 2.05) is 0 Å². The molecular formula is C16H15Cl2N3O4. The monoisotopic (exact) mass is 383 g/mol. The van der Waals surface area contributed by atoms with Crippen LogP contribution in [0.15, 0.2) is 35.4 Å². The molecule has 0 aliphatic rings. The Morgan fingerprint density at radius 2 is 1.84 bits per heavy atom. The third-order valence-corrected chi connectivity index (χ3v) is 4.05. The summed E-state index contributed by atoms with van der Waals surface area (Å²) in [6.45, 7) is 0.301. The van der Waals surface area contributed by atoms with Crippen molar-refractivity contribution in [1.29, 1.82) is 0 Å². The Morgan fingerprint density at radius 3 is 2.40 bits per heavy atom. The van der Waals surface area contributed by atoms with Gasteiger partial charge < -0.3 is 14.9 Å². The molecule has 0 bridgehead atoms. The highest BCUT2D eigenvalue weighted by atomic mass is 35.5. The van der Waals surface area contributed by atoms with E-state index in [2.05, 4.69) is 10.5 Å². The molecule has 0 fully saturated rings. The van der Waals surface area contributed by atoms with Gasteiger partial charge in [0.05, 0.1) is 31.9 Å². The van der Waals surface area contributed by atoms with E-state index in [4.69, 9.17) is 32.7 Å². The first-order valence-corrected chi connectivity index (χ1v) is 7.82. The minimum absolute atomic E-state index is 0.106.